The fraction of sp³-hybridized carbons (Fsp3) is 0.500. The van der Waals surface area contributed by atoms with Gasteiger partial charge < -0.3 is 20.3 Å². The number of amides is 2. The first-order valence-electron chi connectivity index (χ1n) is 8.84. The Kier molecular flexibility index (Phi) is 7.84. The molecular weight excluding hydrogens is 377 g/mol. The van der Waals surface area contributed by atoms with Crippen LogP contribution in [0.25, 0.3) is 0 Å². The summed E-state index contributed by atoms with van der Waals surface area (Å²) in [6, 6.07) is 3.12. The van der Waals surface area contributed by atoms with E-state index < -0.39 is 17.8 Å². The number of rotatable bonds is 8. The molecule has 1 unspecified atom stereocenters. The SMILES string of the molecule is CCCCOC(=O)CC1C(=O)NCCN1C(=O)CNc1ccc(F)c(Cl)c1. The molecule has 0 saturated carbocycles. The number of piperazine rings is 1. The molecule has 1 fully saturated rings. The van der Waals surface area contributed by atoms with Crippen molar-refractivity contribution in [3.63, 3.8) is 0 Å². The van der Waals surface area contributed by atoms with Crippen molar-refractivity contribution >= 4 is 35.1 Å². The van der Waals surface area contributed by atoms with Crippen molar-refractivity contribution in [2.75, 3.05) is 31.6 Å². The van der Waals surface area contributed by atoms with E-state index in [9.17, 15) is 18.8 Å². The zero-order chi connectivity index (χ0) is 19.8. The first kappa shape index (κ1) is 21.0. The van der Waals surface area contributed by atoms with Crippen LogP contribution in [0.4, 0.5) is 10.1 Å². The fourth-order valence-electron chi connectivity index (χ4n) is 2.65. The van der Waals surface area contributed by atoms with E-state index in [2.05, 4.69) is 10.6 Å². The van der Waals surface area contributed by atoms with Gasteiger partial charge in [0.2, 0.25) is 11.8 Å². The van der Waals surface area contributed by atoms with E-state index in [1.807, 2.05) is 6.92 Å². The van der Waals surface area contributed by atoms with Crippen LogP contribution in [0, 0.1) is 5.82 Å². The van der Waals surface area contributed by atoms with Crippen molar-refractivity contribution in [1.29, 1.82) is 0 Å². The number of carbonyl (C=O) groups excluding carboxylic acids is 3. The lowest BCUT2D eigenvalue weighted by Gasteiger charge is -2.34. The second-order valence-corrected chi connectivity index (χ2v) is 6.56. The summed E-state index contributed by atoms with van der Waals surface area (Å²) in [5.74, 6) is -1.80. The predicted molar refractivity (Wildman–Crippen MR) is 98.9 cm³/mol. The minimum atomic E-state index is -0.904. The molecule has 2 N–H and O–H groups in total. The molecule has 1 aromatic carbocycles. The van der Waals surface area contributed by atoms with Crippen molar-refractivity contribution in [3.8, 4) is 0 Å². The van der Waals surface area contributed by atoms with E-state index in [0.717, 1.165) is 12.8 Å². The molecule has 148 valence electrons. The van der Waals surface area contributed by atoms with Gasteiger partial charge in [0.15, 0.2) is 0 Å². The molecule has 9 heteroatoms. The van der Waals surface area contributed by atoms with Gasteiger partial charge in [-0.25, -0.2) is 4.39 Å². The molecule has 7 nitrogen and oxygen atoms in total. The van der Waals surface area contributed by atoms with Gasteiger partial charge in [0.25, 0.3) is 0 Å². The Balaban J connectivity index is 1.95. The van der Waals surface area contributed by atoms with Gasteiger partial charge in [-0.15, -0.1) is 0 Å². The van der Waals surface area contributed by atoms with E-state index in [1.165, 1.54) is 23.1 Å². The minimum Gasteiger partial charge on any atom is -0.466 e. The summed E-state index contributed by atoms with van der Waals surface area (Å²) in [5.41, 5.74) is 0.478. The second kappa shape index (κ2) is 10.1. The fourth-order valence-corrected chi connectivity index (χ4v) is 2.83. The molecule has 1 saturated heterocycles. The van der Waals surface area contributed by atoms with Crippen molar-refractivity contribution < 1.29 is 23.5 Å². The molecular formula is C18H23ClFN3O4. The van der Waals surface area contributed by atoms with Crippen molar-refractivity contribution in [3.05, 3.63) is 29.0 Å². The zero-order valence-corrected chi connectivity index (χ0v) is 15.9. The molecule has 1 heterocycles. The van der Waals surface area contributed by atoms with Crippen molar-refractivity contribution in [1.82, 2.24) is 10.2 Å². The third kappa shape index (κ3) is 6.09. The summed E-state index contributed by atoms with van der Waals surface area (Å²) < 4.78 is 18.3. The van der Waals surface area contributed by atoms with Gasteiger partial charge >= 0.3 is 5.97 Å². The van der Waals surface area contributed by atoms with Crippen LogP contribution in [0.2, 0.25) is 5.02 Å². The molecule has 27 heavy (non-hydrogen) atoms. The molecule has 0 aliphatic carbocycles. The molecule has 2 rings (SSSR count). The maximum absolute atomic E-state index is 13.2. The first-order chi connectivity index (χ1) is 12.9. The van der Waals surface area contributed by atoms with Crippen LogP contribution in [0.5, 0.6) is 0 Å². The van der Waals surface area contributed by atoms with Gasteiger partial charge in [0.05, 0.1) is 24.6 Å². The van der Waals surface area contributed by atoms with Crippen LogP contribution >= 0.6 is 11.6 Å². The Morgan fingerprint density at radius 1 is 1.44 bits per heavy atom. The number of halogens is 2. The van der Waals surface area contributed by atoms with E-state index >= 15 is 0 Å². The lowest BCUT2D eigenvalue weighted by Crippen LogP contribution is -2.58. The number of ether oxygens (including phenoxy) is 1. The number of unbranched alkanes of at least 4 members (excludes halogenated alkanes) is 1. The van der Waals surface area contributed by atoms with Gasteiger partial charge in [-0.2, -0.15) is 0 Å². The number of carbonyl (C=O) groups is 3. The molecule has 1 aliphatic rings. The standard InChI is InChI=1S/C18H23ClFN3O4/c1-2-3-8-27-17(25)10-15-18(26)21-6-7-23(15)16(24)11-22-12-4-5-14(20)13(19)9-12/h4-5,9,15,22H,2-3,6-8,10-11H2,1H3,(H,21,26). The maximum atomic E-state index is 13.2. The topological polar surface area (TPSA) is 87.7 Å². The van der Waals surface area contributed by atoms with E-state index in [-0.39, 0.29) is 29.8 Å². The molecule has 0 bridgehead atoms. The maximum Gasteiger partial charge on any atom is 0.308 e. The third-order valence-electron chi connectivity index (χ3n) is 4.14. The summed E-state index contributed by atoms with van der Waals surface area (Å²) in [4.78, 5) is 38.0. The molecule has 0 aromatic heterocycles. The second-order valence-electron chi connectivity index (χ2n) is 6.15. The molecule has 0 spiro atoms. The highest BCUT2D eigenvalue weighted by molar-refractivity contribution is 6.31. The highest BCUT2D eigenvalue weighted by Gasteiger charge is 2.34. The Labute approximate surface area is 162 Å². The summed E-state index contributed by atoms with van der Waals surface area (Å²) in [6.07, 6.45) is 1.44. The number of nitrogens with one attached hydrogen (secondary N) is 2. The van der Waals surface area contributed by atoms with Crippen LogP contribution in [0.3, 0.4) is 0 Å². The minimum absolute atomic E-state index is 0.0579. The lowest BCUT2D eigenvalue weighted by molar-refractivity contribution is -0.151. The normalized spacial score (nSPS) is 16.6. The largest absolute Gasteiger partial charge is 0.466 e. The highest BCUT2D eigenvalue weighted by atomic mass is 35.5. The average molecular weight is 400 g/mol. The van der Waals surface area contributed by atoms with E-state index in [4.69, 9.17) is 16.3 Å². The Morgan fingerprint density at radius 2 is 2.22 bits per heavy atom. The number of anilines is 1. The number of hydrogen-bond donors (Lipinski definition) is 2. The van der Waals surface area contributed by atoms with Crippen LogP contribution in [0.1, 0.15) is 26.2 Å². The van der Waals surface area contributed by atoms with Crippen molar-refractivity contribution in [2.24, 2.45) is 0 Å². The van der Waals surface area contributed by atoms with Crippen LogP contribution in [0.15, 0.2) is 18.2 Å². The highest BCUT2D eigenvalue weighted by Crippen LogP contribution is 2.19. The number of esters is 1. The quantitative estimate of drug-likeness (QED) is 0.515. The van der Waals surface area contributed by atoms with E-state index in [0.29, 0.717) is 25.4 Å². The smallest absolute Gasteiger partial charge is 0.308 e. The monoisotopic (exact) mass is 399 g/mol. The third-order valence-corrected chi connectivity index (χ3v) is 4.43. The predicted octanol–water partition coefficient (Wildman–Crippen LogP) is 1.95. The number of hydrogen-bond acceptors (Lipinski definition) is 5. The Hall–Kier alpha value is -2.35. The number of benzene rings is 1. The molecule has 2 amide bonds. The molecule has 1 atom stereocenters. The van der Waals surface area contributed by atoms with Crippen LogP contribution in [-0.4, -0.2) is 55.0 Å². The van der Waals surface area contributed by atoms with Gasteiger partial charge in [-0.05, 0) is 24.6 Å². The van der Waals surface area contributed by atoms with Crippen LogP contribution in [-0.2, 0) is 19.1 Å². The average Bonchev–Trinajstić information content (AvgIpc) is 2.64. The van der Waals surface area contributed by atoms with Crippen LogP contribution < -0.4 is 10.6 Å². The zero-order valence-electron chi connectivity index (χ0n) is 15.1. The lowest BCUT2D eigenvalue weighted by atomic mass is 10.1. The summed E-state index contributed by atoms with van der Waals surface area (Å²) in [5, 5.41) is 5.45. The molecule has 1 aromatic rings. The molecule has 0 radical (unpaired) electrons. The van der Waals surface area contributed by atoms with Gasteiger partial charge in [0.1, 0.15) is 11.9 Å². The molecule has 1 aliphatic heterocycles. The van der Waals surface area contributed by atoms with Gasteiger partial charge in [0, 0.05) is 18.8 Å². The van der Waals surface area contributed by atoms with E-state index in [1.54, 1.807) is 0 Å². The Morgan fingerprint density at radius 3 is 2.93 bits per heavy atom. The van der Waals surface area contributed by atoms with Gasteiger partial charge in [-0.3, -0.25) is 14.4 Å². The van der Waals surface area contributed by atoms with Crippen molar-refractivity contribution in [2.45, 2.75) is 32.2 Å². The summed E-state index contributed by atoms with van der Waals surface area (Å²) in [7, 11) is 0. The Bertz CT molecular complexity index is 701. The summed E-state index contributed by atoms with van der Waals surface area (Å²) >= 11 is 5.71. The van der Waals surface area contributed by atoms with Gasteiger partial charge in [-0.1, -0.05) is 24.9 Å². The number of nitrogens with zero attached hydrogens (tertiary/aromatic N) is 1. The first-order valence-corrected chi connectivity index (χ1v) is 9.22. The summed E-state index contributed by atoms with van der Waals surface area (Å²) in [6.45, 7) is 2.77.